The lowest BCUT2D eigenvalue weighted by Crippen LogP contribution is -2.62. The van der Waals surface area contributed by atoms with Crippen molar-refractivity contribution >= 4 is 0 Å². The summed E-state index contributed by atoms with van der Waals surface area (Å²) in [5, 5.41) is 0. The molecule has 2 atom stereocenters. The van der Waals surface area contributed by atoms with Gasteiger partial charge in [-0.1, -0.05) is 19.8 Å². The zero-order valence-electron chi connectivity index (χ0n) is 13.8. The third-order valence-electron chi connectivity index (χ3n) is 4.97. The van der Waals surface area contributed by atoms with Gasteiger partial charge in [-0.25, -0.2) is 0 Å². The number of hydrogen-bond donors (Lipinski definition) is 1. The van der Waals surface area contributed by atoms with E-state index in [1.165, 1.54) is 45.2 Å². The third-order valence-corrected chi connectivity index (χ3v) is 4.97. The first-order valence-corrected chi connectivity index (χ1v) is 8.14. The van der Waals surface area contributed by atoms with Crippen LogP contribution in [-0.4, -0.2) is 54.1 Å². The molecule has 0 bridgehead atoms. The van der Waals surface area contributed by atoms with Gasteiger partial charge in [-0.2, -0.15) is 0 Å². The van der Waals surface area contributed by atoms with E-state index >= 15 is 0 Å². The second-order valence-corrected chi connectivity index (χ2v) is 6.71. The van der Waals surface area contributed by atoms with E-state index in [9.17, 15) is 0 Å². The molecule has 0 aromatic heterocycles. The van der Waals surface area contributed by atoms with Crippen molar-refractivity contribution in [1.82, 2.24) is 9.80 Å². The number of likely N-dealkylation sites (tertiary alicyclic amines) is 1. The van der Waals surface area contributed by atoms with E-state index in [0.717, 1.165) is 6.54 Å². The van der Waals surface area contributed by atoms with Gasteiger partial charge in [-0.15, -0.1) is 0 Å². The SMILES string of the molecule is CCCCCN(C(C)C)C1(CN)CCN(C)C(C)C1. The molecule has 0 saturated carbocycles. The topological polar surface area (TPSA) is 32.5 Å². The Bertz CT molecular complexity index is 254. The largest absolute Gasteiger partial charge is 0.329 e. The Morgan fingerprint density at radius 1 is 1.37 bits per heavy atom. The van der Waals surface area contributed by atoms with Crippen molar-refractivity contribution in [2.45, 2.75) is 77.4 Å². The minimum absolute atomic E-state index is 0.230. The van der Waals surface area contributed by atoms with Crippen molar-refractivity contribution < 1.29 is 0 Å². The minimum Gasteiger partial charge on any atom is -0.329 e. The fraction of sp³-hybridized carbons (Fsp3) is 1.00. The molecule has 2 unspecified atom stereocenters. The molecule has 1 heterocycles. The lowest BCUT2D eigenvalue weighted by Gasteiger charge is -2.52. The summed E-state index contributed by atoms with van der Waals surface area (Å²) in [5.74, 6) is 0. The summed E-state index contributed by atoms with van der Waals surface area (Å²) >= 11 is 0. The van der Waals surface area contributed by atoms with Crippen LogP contribution in [0.5, 0.6) is 0 Å². The molecule has 0 radical (unpaired) electrons. The van der Waals surface area contributed by atoms with Crippen LogP contribution in [0.3, 0.4) is 0 Å². The van der Waals surface area contributed by atoms with E-state index < -0.39 is 0 Å². The molecule has 3 heteroatoms. The molecule has 1 saturated heterocycles. The summed E-state index contributed by atoms with van der Waals surface area (Å²) in [6, 6.07) is 1.24. The van der Waals surface area contributed by atoms with E-state index in [0.29, 0.717) is 12.1 Å². The van der Waals surface area contributed by atoms with Crippen LogP contribution < -0.4 is 5.73 Å². The summed E-state index contributed by atoms with van der Waals surface area (Å²) in [6.07, 6.45) is 6.36. The Hall–Kier alpha value is -0.120. The van der Waals surface area contributed by atoms with E-state index in [-0.39, 0.29) is 5.54 Å². The highest BCUT2D eigenvalue weighted by atomic mass is 15.3. The summed E-state index contributed by atoms with van der Waals surface area (Å²) in [5.41, 5.74) is 6.46. The van der Waals surface area contributed by atoms with Crippen molar-refractivity contribution in [3.05, 3.63) is 0 Å². The summed E-state index contributed by atoms with van der Waals surface area (Å²) in [6.45, 7) is 12.5. The van der Waals surface area contributed by atoms with Crippen molar-refractivity contribution in [3.8, 4) is 0 Å². The predicted octanol–water partition coefficient (Wildman–Crippen LogP) is 2.70. The Labute approximate surface area is 120 Å². The molecule has 0 aromatic carbocycles. The molecule has 1 aliphatic rings. The lowest BCUT2D eigenvalue weighted by molar-refractivity contribution is -0.00946. The zero-order chi connectivity index (χ0) is 14.5. The molecule has 0 amide bonds. The molecule has 0 aromatic rings. The van der Waals surface area contributed by atoms with Crippen LogP contribution in [0, 0.1) is 0 Å². The number of hydrogen-bond acceptors (Lipinski definition) is 3. The quantitative estimate of drug-likeness (QED) is 0.721. The highest BCUT2D eigenvalue weighted by Crippen LogP contribution is 2.32. The Morgan fingerprint density at radius 2 is 2.05 bits per heavy atom. The number of piperidine rings is 1. The summed E-state index contributed by atoms with van der Waals surface area (Å²) < 4.78 is 0. The Morgan fingerprint density at radius 3 is 2.53 bits per heavy atom. The maximum Gasteiger partial charge on any atom is 0.0361 e. The maximum atomic E-state index is 6.23. The van der Waals surface area contributed by atoms with E-state index in [4.69, 9.17) is 5.73 Å². The molecule has 3 nitrogen and oxygen atoms in total. The average Bonchev–Trinajstić information content (AvgIpc) is 2.38. The van der Waals surface area contributed by atoms with Gasteiger partial charge in [0.15, 0.2) is 0 Å². The third kappa shape index (κ3) is 4.17. The van der Waals surface area contributed by atoms with Gasteiger partial charge < -0.3 is 10.6 Å². The van der Waals surface area contributed by atoms with Gasteiger partial charge in [0.1, 0.15) is 0 Å². The fourth-order valence-electron chi connectivity index (χ4n) is 3.55. The molecule has 0 aliphatic carbocycles. The smallest absolute Gasteiger partial charge is 0.0361 e. The van der Waals surface area contributed by atoms with Crippen LogP contribution in [-0.2, 0) is 0 Å². The predicted molar refractivity (Wildman–Crippen MR) is 84.5 cm³/mol. The van der Waals surface area contributed by atoms with Crippen molar-refractivity contribution in [2.75, 3.05) is 26.7 Å². The van der Waals surface area contributed by atoms with E-state index in [1.54, 1.807) is 0 Å². The van der Waals surface area contributed by atoms with Gasteiger partial charge in [0.25, 0.3) is 0 Å². The number of nitrogens with two attached hydrogens (primary N) is 1. The molecule has 0 spiro atoms. The zero-order valence-corrected chi connectivity index (χ0v) is 13.8. The van der Waals surface area contributed by atoms with Crippen LogP contribution in [0.1, 0.15) is 59.8 Å². The van der Waals surface area contributed by atoms with Crippen LogP contribution in [0.25, 0.3) is 0 Å². The number of nitrogens with zero attached hydrogens (tertiary/aromatic N) is 2. The molecule has 1 rings (SSSR count). The van der Waals surface area contributed by atoms with Gasteiger partial charge in [-0.3, -0.25) is 4.90 Å². The Kier molecular flexibility index (Phi) is 6.78. The normalized spacial score (nSPS) is 29.4. The number of unbranched alkanes of at least 4 members (excludes halogenated alkanes) is 2. The number of rotatable bonds is 7. The molecule has 2 N–H and O–H groups in total. The van der Waals surface area contributed by atoms with Crippen molar-refractivity contribution in [1.29, 1.82) is 0 Å². The van der Waals surface area contributed by atoms with E-state index in [1.807, 2.05) is 0 Å². The second kappa shape index (κ2) is 7.61. The highest BCUT2D eigenvalue weighted by molar-refractivity contribution is 4.99. The van der Waals surface area contributed by atoms with E-state index in [2.05, 4.69) is 44.5 Å². The second-order valence-electron chi connectivity index (χ2n) is 6.71. The first kappa shape index (κ1) is 16.9. The van der Waals surface area contributed by atoms with Gasteiger partial charge in [-0.05, 0) is 60.2 Å². The summed E-state index contributed by atoms with van der Waals surface area (Å²) in [4.78, 5) is 5.17. The monoisotopic (exact) mass is 269 g/mol. The molecule has 1 fully saturated rings. The molecule has 1 aliphatic heterocycles. The highest BCUT2D eigenvalue weighted by Gasteiger charge is 2.41. The van der Waals surface area contributed by atoms with Crippen LogP contribution in [0.15, 0.2) is 0 Å². The Balaban J connectivity index is 2.77. The fourth-order valence-corrected chi connectivity index (χ4v) is 3.55. The molecular formula is C16H35N3. The lowest BCUT2D eigenvalue weighted by atomic mass is 9.81. The molecular weight excluding hydrogens is 234 g/mol. The first-order valence-electron chi connectivity index (χ1n) is 8.14. The van der Waals surface area contributed by atoms with Crippen LogP contribution in [0.2, 0.25) is 0 Å². The first-order chi connectivity index (χ1) is 8.96. The van der Waals surface area contributed by atoms with Gasteiger partial charge >= 0.3 is 0 Å². The van der Waals surface area contributed by atoms with Gasteiger partial charge in [0.05, 0.1) is 0 Å². The molecule has 19 heavy (non-hydrogen) atoms. The molecule has 114 valence electrons. The van der Waals surface area contributed by atoms with Crippen molar-refractivity contribution in [2.24, 2.45) is 5.73 Å². The standard InChI is InChI=1S/C16H35N3/c1-6-7-8-10-19(14(2)3)16(13-17)9-11-18(5)15(4)12-16/h14-15H,6-13,17H2,1-5H3. The van der Waals surface area contributed by atoms with Crippen LogP contribution in [0.4, 0.5) is 0 Å². The maximum absolute atomic E-state index is 6.23. The summed E-state index contributed by atoms with van der Waals surface area (Å²) in [7, 11) is 2.24. The minimum atomic E-state index is 0.230. The van der Waals surface area contributed by atoms with Crippen LogP contribution >= 0.6 is 0 Å². The average molecular weight is 269 g/mol. The van der Waals surface area contributed by atoms with Gasteiger partial charge in [0.2, 0.25) is 0 Å². The van der Waals surface area contributed by atoms with Crippen molar-refractivity contribution in [3.63, 3.8) is 0 Å². The van der Waals surface area contributed by atoms with Gasteiger partial charge in [0, 0.05) is 24.2 Å².